The van der Waals surface area contributed by atoms with Gasteiger partial charge in [-0.1, -0.05) is 13.8 Å². The van der Waals surface area contributed by atoms with Crippen LogP contribution in [0.1, 0.15) is 19.4 Å². The molecule has 1 rings (SSSR count). The van der Waals surface area contributed by atoms with Crippen LogP contribution in [0.5, 0.6) is 11.5 Å². The Kier molecular flexibility index (Phi) is 5.80. The minimum atomic E-state index is 0.0169. The van der Waals surface area contributed by atoms with E-state index >= 15 is 0 Å². The van der Waals surface area contributed by atoms with Crippen LogP contribution in [0.25, 0.3) is 0 Å². The summed E-state index contributed by atoms with van der Waals surface area (Å²) in [5.41, 5.74) is 1.03. The lowest BCUT2D eigenvalue weighted by molar-refractivity contribution is 0.200. The van der Waals surface area contributed by atoms with Gasteiger partial charge < -0.3 is 19.9 Å². The van der Waals surface area contributed by atoms with Crippen LogP contribution in [0.3, 0.4) is 0 Å². The summed E-state index contributed by atoms with van der Waals surface area (Å²) in [5.74, 6) is 1.59. The third-order valence-corrected chi connectivity index (χ3v) is 2.32. The highest BCUT2D eigenvalue weighted by Crippen LogP contribution is 2.24. The Morgan fingerprint density at radius 1 is 1.35 bits per heavy atom. The summed E-state index contributed by atoms with van der Waals surface area (Å²) in [5, 5.41) is 12.1. The molecule has 4 nitrogen and oxygen atoms in total. The van der Waals surface area contributed by atoms with Crippen LogP contribution in [-0.4, -0.2) is 31.5 Å². The molecule has 0 aromatic heterocycles. The highest BCUT2D eigenvalue weighted by molar-refractivity contribution is 5.40. The Hall–Kier alpha value is -1.26. The first kappa shape index (κ1) is 13.8. The van der Waals surface area contributed by atoms with Gasteiger partial charge in [0.15, 0.2) is 0 Å². The molecule has 1 aromatic carbocycles. The first-order valence-electron chi connectivity index (χ1n) is 5.81. The van der Waals surface area contributed by atoms with E-state index in [2.05, 4.69) is 19.2 Å². The lowest BCUT2D eigenvalue weighted by atomic mass is 10.1. The lowest BCUT2D eigenvalue weighted by Gasteiger charge is -2.14. The number of hydrogen-bond acceptors (Lipinski definition) is 4. The summed E-state index contributed by atoms with van der Waals surface area (Å²) < 4.78 is 10.7. The van der Waals surface area contributed by atoms with Crippen molar-refractivity contribution in [2.75, 3.05) is 20.3 Å². The van der Waals surface area contributed by atoms with Gasteiger partial charge in [-0.3, -0.25) is 0 Å². The van der Waals surface area contributed by atoms with Crippen molar-refractivity contribution in [1.82, 2.24) is 5.32 Å². The Balaban J connectivity index is 2.78. The maximum atomic E-state index is 8.77. The summed E-state index contributed by atoms with van der Waals surface area (Å²) >= 11 is 0. The van der Waals surface area contributed by atoms with Gasteiger partial charge >= 0.3 is 0 Å². The van der Waals surface area contributed by atoms with E-state index in [-0.39, 0.29) is 6.61 Å². The van der Waals surface area contributed by atoms with E-state index in [0.29, 0.717) is 12.6 Å². The van der Waals surface area contributed by atoms with Gasteiger partial charge in [0.25, 0.3) is 0 Å². The molecule has 0 atom stereocenters. The molecule has 0 aliphatic heterocycles. The number of ether oxygens (including phenoxy) is 2. The summed E-state index contributed by atoms with van der Waals surface area (Å²) in [7, 11) is 1.64. The molecule has 0 radical (unpaired) electrons. The predicted octanol–water partition coefficient (Wildman–Crippen LogP) is 1.56. The van der Waals surface area contributed by atoms with Crippen LogP contribution in [0.2, 0.25) is 0 Å². The Labute approximate surface area is 103 Å². The molecule has 17 heavy (non-hydrogen) atoms. The van der Waals surface area contributed by atoms with E-state index in [9.17, 15) is 0 Å². The van der Waals surface area contributed by atoms with Crippen molar-refractivity contribution >= 4 is 0 Å². The summed E-state index contributed by atoms with van der Waals surface area (Å²) in [6.45, 7) is 5.22. The van der Waals surface area contributed by atoms with Gasteiger partial charge in [-0.25, -0.2) is 0 Å². The fraction of sp³-hybridized carbons (Fsp3) is 0.538. The Morgan fingerprint density at radius 2 is 2.12 bits per heavy atom. The van der Waals surface area contributed by atoms with Crippen molar-refractivity contribution in [3.8, 4) is 11.5 Å². The lowest BCUT2D eigenvalue weighted by Crippen LogP contribution is -2.22. The monoisotopic (exact) mass is 239 g/mol. The van der Waals surface area contributed by atoms with Gasteiger partial charge in [0.1, 0.15) is 18.1 Å². The molecule has 96 valence electrons. The molecule has 0 saturated heterocycles. The summed E-state index contributed by atoms with van der Waals surface area (Å²) in [6.07, 6.45) is 0. The van der Waals surface area contributed by atoms with Crippen molar-refractivity contribution in [2.24, 2.45) is 0 Å². The van der Waals surface area contributed by atoms with Gasteiger partial charge in [-0.05, 0) is 18.2 Å². The molecular weight excluding hydrogens is 218 g/mol. The molecule has 0 saturated carbocycles. The number of nitrogens with one attached hydrogen (secondary N) is 1. The maximum Gasteiger partial charge on any atom is 0.124 e. The second kappa shape index (κ2) is 7.14. The first-order valence-corrected chi connectivity index (χ1v) is 5.81. The van der Waals surface area contributed by atoms with Gasteiger partial charge in [0.05, 0.1) is 13.7 Å². The number of methoxy groups -OCH3 is 1. The number of rotatable bonds is 7. The third-order valence-electron chi connectivity index (χ3n) is 2.32. The molecule has 0 unspecified atom stereocenters. The number of aliphatic hydroxyl groups excluding tert-OH is 1. The van der Waals surface area contributed by atoms with E-state index in [1.807, 2.05) is 18.2 Å². The summed E-state index contributed by atoms with van der Waals surface area (Å²) in [6, 6.07) is 6.08. The molecule has 1 aromatic rings. The molecule has 0 amide bonds. The van der Waals surface area contributed by atoms with E-state index in [4.69, 9.17) is 14.6 Å². The van der Waals surface area contributed by atoms with Gasteiger partial charge in [-0.2, -0.15) is 0 Å². The standard InChI is InChI=1S/C13H21NO3/c1-10(2)14-9-11-8-12(16-3)4-5-13(11)17-7-6-15/h4-5,8,10,14-15H,6-7,9H2,1-3H3. The topological polar surface area (TPSA) is 50.7 Å². The zero-order valence-corrected chi connectivity index (χ0v) is 10.7. The van der Waals surface area contributed by atoms with Crippen LogP contribution >= 0.6 is 0 Å². The molecule has 0 aliphatic carbocycles. The normalized spacial score (nSPS) is 10.6. The van der Waals surface area contributed by atoms with Gasteiger partial charge in [-0.15, -0.1) is 0 Å². The quantitative estimate of drug-likeness (QED) is 0.758. The van der Waals surface area contributed by atoms with Crippen molar-refractivity contribution in [3.05, 3.63) is 23.8 Å². The third kappa shape index (κ3) is 4.63. The minimum absolute atomic E-state index is 0.0169. The van der Waals surface area contributed by atoms with Crippen LogP contribution in [0.15, 0.2) is 18.2 Å². The van der Waals surface area contributed by atoms with Gasteiger partial charge in [0.2, 0.25) is 0 Å². The number of benzene rings is 1. The SMILES string of the molecule is COc1ccc(OCCO)c(CNC(C)C)c1. The second-order valence-electron chi connectivity index (χ2n) is 4.08. The molecule has 0 aliphatic rings. The van der Waals surface area contributed by atoms with E-state index in [1.54, 1.807) is 7.11 Å². The fourth-order valence-corrected chi connectivity index (χ4v) is 1.43. The van der Waals surface area contributed by atoms with Crippen molar-refractivity contribution < 1.29 is 14.6 Å². The second-order valence-corrected chi connectivity index (χ2v) is 4.08. The van der Waals surface area contributed by atoms with Crippen LogP contribution in [-0.2, 0) is 6.54 Å². The molecule has 2 N–H and O–H groups in total. The zero-order chi connectivity index (χ0) is 12.7. The summed E-state index contributed by atoms with van der Waals surface area (Å²) in [4.78, 5) is 0. The average Bonchev–Trinajstić information content (AvgIpc) is 2.34. The molecule has 4 heteroatoms. The Bertz CT molecular complexity index is 339. The van der Waals surface area contributed by atoms with Crippen LogP contribution in [0.4, 0.5) is 0 Å². The van der Waals surface area contributed by atoms with E-state index in [1.165, 1.54) is 0 Å². The number of hydrogen-bond donors (Lipinski definition) is 2. The Morgan fingerprint density at radius 3 is 2.71 bits per heavy atom. The first-order chi connectivity index (χ1) is 8.17. The highest BCUT2D eigenvalue weighted by Gasteiger charge is 2.06. The molecule has 0 fully saturated rings. The van der Waals surface area contributed by atoms with Crippen molar-refractivity contribution in [3.63, 3.8) is 0 Å². The molecule has 0 bridgehead atoms. The average molecular weight is 239 g/mol. The molecular formula is C13H21NO3. The smallest absolute Gasteiger partial charge is 0.124 e. The van der Waals surface area contributed by atoms with Crippen LogP contribution in [0, 0.1) is 0 Å². The van der Waals surface area contributed by atoms with Crippen molar-refractivity contribution in [1.29, 1.82) is 0 Å². The van der Waals surface area contributed by atoms with Crippen LogP contribution < -0.4 is 14.8 Å². The fourth-order valence-electron chi connectivity index (χ4n) is 1.43. The minimum Gasteiger partial charge on any atom is -0.497 e. The molecule has 0 heterocycles. The number of aliphatic hydroxyl groups is 1. The zero-order valence-electron chi connectivity index (χ0n) is 10.7. The predicted molar refractivity (Wildman–Crippen MR) is 67.6 cm³/mol. The van der Waals surface area contributed by atoms with Crippen molar-refractivity contribution in [2.45, 2.75) is 26.4 Å². The van der Waals surface area contributed by atoms with E-state index in [0.717, 1.165) is 23.6 Å². The van der Waals surface area contributed by atoms with Gasteiger partial charge in [0, 0.05) is 18.2 Å². The largest absolute Gasteiger partial charge is 0.497 e. The highest BCUT2D eigenvalue weighted by atomic mass is 16.5. The maximum absolute atomic E-state index is 8.77. The van der Waals surface area contributed by atoms with E-state index < -0.39 is 0 Å². The molecule has 0 spiro atoms.